The normalized spacial score (nSPS) is 12.4. The minimum absolute atomic E-state index is 0.0827. The summed E-state index contributed by atoms with van der Waals surface area (Å²) in [5, 5.41) is 8.65. The highest BCUT2D eigenvalue weighted by atomic mass is 32.1. The third-order valence-corrected chi connectivity index (χ3v) is 10.2. The van der Waals surface area contributed by atoms with Crippen molar-refractivity contribution in [3.63, 3.8) is 0 Å². The van der Waals surface area contributed by atoms with Gasteiger partial charge in [-0.1, -0.05) is 124 Å². The maximum atomic E-state index is 5.39. The lowest BCUT2D eigenvalue weighted by atomic mass is 9.86. The summed E-state index contributed by atoms with van der Waals surface area (Å²) in [5.74, 6) is 0.690. The van der Waals surface area contributed by atoms with Crippen LogP contribution in [0.1, 0.15) is 26.3 Å². The van der Waals surface area contributed by atoms with Gasteiger partial charge in [-0.15, -0.1) is 11.3 Å². The first-order chi connectivity index (χ1) is 21.5. The molecular weight excluding hydrogens is 555 g/mol. The van der Waals surface area contributed by atoms with Crippen molar-refractivity contribution in [3.8, 4) is 17.2 Å². The topological polar surface area (TPSA) is 30.7 Å². The molecule has 3 heterocycles. The second-order valence-corrected chi connectivity index (χ2v) is 13.7. The van der Waals surface area contributed by atoms with E-state index in [0.717, 1.165) is 33.2 Å². The van der Waals surface area contributed by atoms with E-state index in [4.69, 9.17) is 9.97 Å². The molecule has 0 atom stereocenters. The molecular formula is C40H29N3S. The fourth-order valence-corrected chi connectivity index (χ4v) is 8.12. The van der Waals surface area contributed by atoms with Crippen LogP contribution in [0, 0.1) is 0 Å². The maximum absolute atomic E-state index is 5.39. The summed E-state index contributed by atoms with van der Waals surface area (Å²) in [5.41, 5.74) is 6.64. The number of para-hydroxylation sites is 2. The van der Waals surface area contributed by atoms with Gasteiger partial charge in [-0.2, -0.15) is 0 Å². The molecule has 0 fully saturated rings. The molecule has 4 heteroatoms. The van der Waals surface area contributed by atoms with Gasteiger partial charge in [0.05, 0.1) is 22.2 Å². The highest BCUT2D eigenvalue weighted by Crippen LogP contribution is 2.47. The molecule has 9 rings (SSSR count). The molecule has 44 heavy (non-hydrogen) atoms. The Morgan fingerprint density at radius 1 is 0.568 bits per heavy atom. The van der Waals surface area contributed by atoms with Crippen LogP contribution in [0.5, 0.6) is 0 Å². The molecule has 0 N–H and O–H groups in total. The lowest BCUT2D eigenvalue weighted by Gasteiger charge is -2.19. The first kappa shape index (κ1) is 25.4. The summed E-state index contributed by atoms with van der Waals surface area (Å²) >= 11 is 1.88. The maximum Gasteiger partial charge on any atom is 0.235 e. The Bertz CT molecular complexity index is 2580. The molecule has 0 radical (unpaired) electrons. The van der Waals surface area contributed by atoms with Crippen molar-refractivity contribution in [1.29, 1.82) is 0 Å². The van der Waals surface area contributed by atoms with Gasteiger partial charge in [0.15, 0.2) is 0 Å². The Kier molecular flexibility index (Phi) is 5.33. The molecule has 0 saturated carbocycles. The van der Waals surface area contributed by atoms with Gasteiger partial charge in [-0.25, -0.2) is 9.97 Å². The number of rotatable bonds is 2. The molecule has 9 aromatic rings. The lowest BCUT2D eigenvalue weighted by molar-refractivity contribution is 0.590. The average molecular weight is 584 g/mol. The molecule has 0 aliphatic heterocycles. The quantitative estimate of drug-likeness (QED) is 0.203. The van der Waals surface area contributed by atoms with Gasteiger partial charge in [-0.3, -0.25) is 4.57 Å². The monoisotopic (exact) mass is 583 g/mol. The third-order valence-electron chi connectivity index (χ3n) is 8.96. The second-order valence-electron chi connectivity index (χ2n) is 12.6. The third kappa shape index (κ3) is 3.61. The van der Waals surface area contributed by atoms with Gasteiger partial charge in [0.1, 0.15) is 0 Å². The zero-order valence-corrected chi connectivity index (χ0v) is 25.6. The van der Waals surface area contributed by atoms with Crippen LogP contribution in [-0.4, -0.2) is 14.5 Å². The van der Waals surface area contributed by atoms with Gasteiger partial charge in [0.2, 0.25) is 5.95 Å². The molecule has 3 aromatic heterocycles. The standard InChI is InChI=1S/C40H29N3S/c1-40(2,3)25-22-20-24(21-23-25)36-28-14-6-9-17-31(28)41-39(42-36)43-32-18-10-7-15-29(32)35-37(43)27-13-5-4-12-26(27)34-30-16-8-11-19-33(30)44-38(34)35/h4-23H,1-3H3. The molecule has 0 spiro atoms. The number of nitrogens with zero attached hydrogens (tertiary/aromatic N) is 3. The Balaban J connectivity index is 1.44. The van der Waals surface area contributed by atoms with E-state index in [9.17, 15) is 0 Å². The zero-order chi connectivity index (χ0) is 29.6. The van der Waals surface area contributed by atoms with Crippen molar-refractivity contribution in [2.24, 2.45) is 0 Å². The summed E-state index contributed by atoms with van der Waals surface area (Å²) in [6.45, 7) is 6.75. The van der Waals surface area contributed by atoms with Crippen LogP contribution in [0.15, 0.2) is 121 Å². The smallest absolute Gasteiger partial charge is 0.235 e. The summed E-state index contributed by atoms with van der Waals surface area (Å²) in [6.07, 6.45) is 0. The first-order valence-electron chi connectivity index (χ1n) is 15.1. The van der Waals surface area contributed by atoms with Gasteiger partial charge in [0.25, 0.3) is 0 Å². The average Bonchev–Trinajstić information content (AvgIpc) is 3.61. The van der Waals surface area contributed by atoms with Crippen LogP contribution in [0.2, 0.25) is 0 Å². The molecule has 3 nitrogen and oxygen atoms in total. The molecule has 0 amide bonds. The SMILES string of the molecule is CC(C)(C)c1ccc(-c2nc(-n3c4ccccc4c4c5sc6ccccc6c5c5ccccc5c43)nc3ccccc23)cc1. The summed E-state index contributed by atoms with van der Waals surface area (Å²) in [6, 6.07) is 43.6. The fourth-order valence-electron chi connectivity index (χ4n) is 6.84. The van der Waals surface area contributed by atoms with Gasteiger partial charge in [0, 0.05) is 47.3 Å². The number of hydrogen-bond donors (Lipinski definition) is 0. The number of hydrogen-bond acceptors (Lipinski definition) is 3. The summed E-state index contributed by atoms with van der Waals surface area (Å²) in [4.78, 5) is 10.6. The van der Waals surface area contributed by atoms with E-state index in [1.165, 1.54) is 47.3 Å². The predicted octanol–water partition coefficient (Wildman–Crippen LogP) is 11.2. The summed E-state index contributed by atoms with van der Waals surface area (Å²) in [7, 11) is 0. The van der Waals surface area contributed by atoms with Gasteiger partial charge in [-0.05, 0) is 34.6 Å². The van der Waals surface area contributed by atoms with E-state index in [0.29, 0.717) is 5.95 Å². The van der Waals surface area contributed by atoms with Crippen LogP contribution in [0.3, 0.4) is 0 Å². The number of aromatic nitrogens is 3. The zero-order valence-electron chi connectivity index (χ0n) is 24.8. The molecule has 210 valence electrons. The van der Waals surface area contributed by atoms with Crippen LogP contribution in [-0.2, 0) is 5.41 Å². The van der Waals surface area contributed by atoms with Crippen LogP contribution < -0.4 is 0 Å². The minimum atomic E-state index is 0.0827. The Morgan fingerprint density at radius 2 is 1.20 bits per heavy atom. The van der Waals surface area contributed by atoms with Crippen LogP contribution in [0.4, 0.5) is 0 Å². The van der Waals surface area contributed by atoms with E-state index in [-0.39, 0.29) is 5.41 Å². The van der Waals surface area contributed by atoms with Gasteiger partial charge >= 0.3 is 0 Å². The largest absolute Gasteiger partial charge is 0.277 e. The van der Waals surface area contributed by atoms with Crippen molar-refractivity contribution >= 4 is 75.0 Å². The molecule has 0 unspecified atom stereocenters. The van der Waals surface area contributed by atoms with Crippen LogP contribution >= 0.6 is 11.3 Å². The highest BCUT2D eigenvalue weighted by Gasteiger charge is 2.23. The summed E-state index contributed by atoms with van der Waals surface area (Å²) < 4.78 is 4.92. The number of thiophene rings is 1. The molecule has 6 aromatic carbocycles. The van der Waals surface area contributed by atoms with Crippen molar-refractivity contribution in [2.75, 3.05) is 0 Å². The Hall–Kier alpha value is -5.06. The predicted molar refractivity (Wildman–Crippen MR) is 188 cm³/mol. The molecule has 0 aliphatic carbocycles. The minimum Gasteiger partial charge on any atom is -0.277 e. The lowest BCUT2D eigenvalue weighted by Crippen LogP contribution is -2.10. The highest BCUT2D eigenvalue weighted by molar-refractivity contribution is 7.27. The van der Waals surface area contributed by atoms with Crippen molar-refractivity contribution in [3.05, 3.63) is 127 Å². The fraction of sp³-hybridized carbons (Fsp3) is 0.100. The van der Waals surface area contributed by atoms with E-state index in [2.05, 4.69) is 147 Å². The second kappa shape index (κ2) is 9.22. The van der Waals surface area contributed by atoms with E-state index in [1.807, 2.05) is 11.3 Å². The van der Waals surface area contributed by atoms with Gasteiger partial charge < -0.3 is 0 Å². The molecule has 0 aliphatic rings. The van der Waals surface area contributed by atoms with E-state index < -0.39 is 0 Å². The first-order valence-corrected chi connectivity index (χ1v) is 15.9. The van der Waals surface area contributed by atoms with E-state index in [1.54, 1.807) is 0 Å². The molecule has 0 saturated heterocycles. The van der Waals surface area contributed by atoms with Crippen molar-refractivity contribution in [1.82, 2.24) is 14.5 Å². The van der Waals surface area contributed by atoms with Crippen molar-refractivity contribution < 1.29 is 0 Å². The number of fused-ring (bicyclic) bond motifs is 11. The van der Waals surface area contributed by atoms with Crippen LogP contribution in [0.25, 0.3) is 80.9 Å². The number of benzene rings is 6. The van der Waals surface area contributed by atoms with E-state index >= 15 is 0 Å². The Labute approximate surface area is 259 Å². The van der Waals surface area contributed by atoms with Crippen molar-refractivity contribution in [2.45, 2.75) is 26.2 Å². The Morgan fingerprint density at radius 3 is 1.98 bits per heavy atom. The molecule has 0 bridgehead atoms.